The number of aromatic carboxylic acids is 1. The maximum absolute atomic E-state index is 10.8. The normalized spacial score (nSPS) is 18.5. The van der Waals surface area contributed by atoms with Gasteiger partial charge >= 0.3 is 5.97 Å². The van der Waals surface area contributed by atoms with Crippen LogP contribution in [0.15, 0.2) is 24.8 Å². The van der Waals surface area contributed by atoms with Crippen LogP contribution >= 0.6 is 0 Å². The molecule has 24 heavy (non-hydrogen) atoms. The van der Waals surface area contributed by atoms with E-state index in [4.69, 9.17) is 5.11 Å². The Morgan fingerprint density at radius 3 is 2.83 bits per heavy atom. The average molecular weight is 330 g/mol. The van der Waals surface area contributed by atoms with Gasteiger partial charge in [-0.25, -0.2) is 14.8 Å². The fourth-order valence-corrected chi connectivity index (χ4v) is 2.97. The van der Waals surface area contributed by atoms with Gasteiger partial charge in [0.05, 0.1) is 17.4 Å². The molecule has 0 bridgehead atoms. The number of likely N-dealkylation sites (tertiary alicyclic amines) is 1. The largest absolute Gasteiger partial charge is 0.478 e. The zero-order valence-electron chi connectivity index (χ0n) is 13.7. The monoisotopic (exact) mass is 330 g/mol. The van der Waals surface area contributed by atoms with Crippen LogP contribution in [0.4, 0.5) is 11.6 Å². The number of carboxylic acid groups (broad SMARTS) is 1. The maximum Gasteiger partial charge on any atom is 0.338 e. The fourth-order valence-electron chi connectivity index (χ4n) is 2.97. The first-order chi connectivity index (χ1) is 11.6. The molecule has 128 valence electrons. The fraction of sp³-hybridized carbons (Fsp3) is 0.500. The van der Waals surface area contributed by atoms with Crippen molar-refractivity contribution in [3.8, 4) is 0 Å². The summed E-state index contributed by atoms with van der Waals surface area (Å²) in [5, 5.41) is 16.2. The van der Waals surface area contributed by atoms with Crippen LogP contribution in [0.2, 0.25) is 0 Å². The standard InChI is InChI=1S/C16H22N6O2/c1-21-6-3-2-4-14(21)5-7-22-11-13(10-19-22)20-16-17-8-12(9-18-16)15(23)24/h8-11,14H,2-7H2,1H3,(H,23,24)(H,17,18,20). The van der Waals surface area contributed by atoms with Gasteiger partial charge in [0.15, 0.2) is 0 Å². The number of hydrogen-bond acceptors (Lipinski definition) is 6. The van der Waals surface area contributed by atoms with Gasteiger partial charge in [-0.1, -0.05) is 6.42 Å². The van der Waals surface area contributed by atoms with Crippen molar-refractivity contribution >= 4 is 17.6 Å². The van der Waals surface area contributed by atoms with Crippen molar-refractivity contribution in [2.45, 2.75) is 38.3 Å². The second-order valence-electron chi connectivity index (χ2n) is 6.14. The van der Waals surface area contributed by atoms with Crippen LogP contribution < -0.4 is 5.32 Å². The first-order valence-corrected chi connectivity index (χ1v) is 8.17. The summed E-state index contributed by atoms with van der Waals surface area (Å²) in [5.74, 6) is -0.686. The van der Waals surface area contributed by atoms with Gasteiger partial charge < -0.3 is 15.3 Å². The van der Waals surface area contributed by atoms with Gasteiger partial charge in [0.2, 0.25) is 5.95 Å². The summed E-state index contributed by atoms with van der Waals surface area (Å²) in [7, 11) is 2.19. The molecule has 1 atom stereocenters. The Hall–Kier alpha value is -2.48. The number of hydrogen-bond donors (Lipinski definition) is 2. The minimum atomic E-state index is -1.04. The summed E-state index contributed by atoms with van der Waals surface area (Å²) in [6.07, 6.45) is 11.1. The molecular formula is C16H22N6O2. The van der Waals surface area contributed by atoms with Gasteiger partial charge in [-0.3, -0.25) is 4.68 Å². The molecule has 0 amide bonds. The van der Waals surface area contributed by atoms with E-state index in [0.717, 1.165) is 18.7 Å². The second kappa shape index (κ2) is 7.39. The van der Waals surface area contributed by atoms with Crippen LogP contribution in [0.1, 0.15) is 36.0 Å². The third-order valence-corrected chi connectivity index (χ3v) is 4.40. The first kappa shape index (κ1) is 16.4. The van der Waals surface area contributed by atoms with E-state index in [9.17, 15) is 4.79 Å². The average Bonchev–Trinajstić information content (AvgIpc) is 3.02. The van der Waals surface area contributed by atoms with Gasteiger partial charge in [0.1, 0.15) is 0 Å². The van der Waals surface area contributed by atoms with Crippen LogP contribution in [0.25, 0.3) is 0 Å². The van der Waals surface area contributed by atoms with Crippen molar-refractivity contribution in [3.05, 3.63) is 30.4 Å². The number of piperidine rings is 1. The Bertz CT molecular complexity index is 684. The highest BCUT2D eigenvalue weighted by atomic mass is 16.4. The van der Waals surface area contributed by atoms with Gasteiger partial charge in [0, 0.05) is 31.2 Å². The molecule has 1 saturated heterocycles. The van der Waals surface area contributed by atoms with Gasteiger partial charge in [-0.2, -0.15) is 5.10 Å². The van der Waals surface area contributed by atoms with Crippen LogP contribution in [-0.4, -0.2) is 55.4 Å². The third-order valence-electron chi connectivity index (χ3n) is 4.40. The maximum atomic E-state index is 10.8. The number of nitrogens with zero attached hydrogens (tertiary/aromatic N) is 5. The van der Waals surface area contributed by atoms with E-state index >= 15 is 0 Å². The highest BCUT2D eigenvalue weighted by Crippen LogP contribution is 2.19. The van der Waals surface area contributed by atoms with Crippen LogP contribution in [0.5, 0.6) is 0 Å². The minimum absolute atomic E-state index is 0.0628. The predicted molar refractivity (Wildman–Crippen MR) is 89.4 cm³/mol. The smallest absolute Gasteiger partial charge is 0.338 e. The van der Waals surface area contributed by atoms with E-state index in [2.05, 4.69) is 32.3 Å². The summed E-state index contributed by atoms with van der Waals surface area (Å²) < 4.78 is 1.91. The molecule has 1 unspecified atom stereocenters. The van der Waals surface area contributed by atoms with Crippen LogP contribution in [0, 0.1) is 0 Å². The van der Waals surface area contributed by atoms with Gasteiger partial charge in [-0.05, 0) is 32.9 Å². The molecule has 0 aromatic carbocycles. The lowest BCUT2D eigenvalue weighted by Crippen LogP contribution is -2.36. The highest BCUT2D eigenvalue weighted by molar-refractivity contribution is 5.86. The molecule has 3 heterocycles. The molecule has 0 spiro atoms. The number of nitrogens with one attached hydrogen (secondary N) is 1. The number of aromatic nitrogens is 4. The summed E-state index contributed by atoms with van der Waals surface area (Å²) in [6.45, 7) is 2.05. The SMILES string of the molecule is CN1CCCCC1CCn1cc(Nc2ncc(C(=O)O)cn2)cn1. The molecule has 2 N–H and O–H groups in total. The van der Waals surface area contributed by atoms with Crippen molar-refractivity contribution in [1.29, 1.82) is 0 Å². The molecule has 0 saturated carbocycles. The van der Waals surface area contributed by atoms with Crippen molar-refractivity contribution in [1.82, 2.24) is 24.6 Å². The van der Waals surface area contributed by atoms with Crippen LogP contribution in [-0.2, 0) is 6.54 Å². The van der Waals surface area contributed by atoms with Crippen molar-refractivity contribution in [2.75, 3.05) is 18.9 Å². The van der Waals surface area contributed by atoms with Gasteiger partial charge in [-0.15, -0.1) is 0 Å². The lowest BCUT2D eigenvalue weighted by molar-refractivity contribution is 0.0696. The summed E-state index contributed by atoms with van der Waals surface area (Å²) in [5.41, 5.74) is 0.850. The number of rotatable bonds is 6. The molecule has 1 aliphatic heterocycles. The zero-order chi connectivity index (χ0) is 16.9. The molecule has 2 aromatic rings. The number of aryl methyl sites for hydroxylation is 1. The summed E-state index contributed by atoms with van der Waals surface area (Å²) >= 11 is 0. The lowest BCUT2D eigenvalue weighted by Gasteiger charge is -2.32. The van der Waals surface area contributed by atoms with Crippen molar-refractivity contribution in [3.63, 3.8) is 0 Å². The molecule has 8 heteroatoms. The van der Waals surface area contributed by atoms with Gasteiger partial charge in [0.25, 0.3) is 0 Å². The molecule has 1 fully saturated rings. The highest BCUT2D eigenvalue weighted by Gasteiger charge is 2.18. The second-order valence-corrected chi connectivity index (χ2v) is 6.14. The lowest BCUT2D eigenvalue weighted by atomic mass is 10.0. The molecular weight excluding hydrogens is 308 g/mol. The van der Waals surface area contributed by atoms with E-state index in [1.165, 1.54) is 38.2 Å². The van der Waals surface area contributed by atoms with Crippen molar-refractivity contribution in [2.24, 2.45) is 0 Å². The third kappa shape index (κ3) is 4.08. The molecule has 1 aliphatic rings. The topological polar surface area (TPSA) is 96.2 Å². The van der Waals surface area contributed by atoms with E-state index in [0.29, 0.717) is 12.0 Å². The molecule has 0 aliphatic carbocycles. The zero-order valence-corrected chi connectivity index (χ0v) is 13.7. The van der Waals surface area contributed by atoms with E-state index in [1.807, 2.05) is 10.9 Å². The molecule has 2 aromatic heterocycles. The number of carbonyl (C=O) groups is 1. The molecule has 3 rings (SSSR count). The number of carboxylic acids is 1. The van der Waals surface area contributed by atoms with Crippen molar-refractivity contribution < 1.29 is 9.90 Å². The predicted octanol–water partition coefficient (Wildman–Crippen LogP) is 1.99. The Labute approximate surface area is 140 Å². The minimum Gasteiger partial charge on any atom is -0.478 e. The van der Waals surface area contributed by atoms with Crippen LogP contribution in [0.3, 0.4) is 0 Å². The summed E-state index contributed by atoms with van der Waals surface area (Å²) in [4.78, 5) is 21.2. The van der Waals surface area contributed by atoms with E-state index < -0.39 is 5.97 Å². The first-order valence-electron chi connectivity index (χ1n) is 8.17. The quantitative estimate of drug-likeness (QED) is 0.836. The number of anilines is 2. The molecule has 0 radical (unpaired) electrons. The molecule has 8 nitrogen and oxygen atoms in total. The Kier molecular flexibility index (Phi) is 5.05. The Morgan fingerprint density at radius 2 is 2.12 bits per heavy atom. The van der Waals surface area contributed by atoms with E-state index in [1.54, 1.807) is 6.20 Å². The summed E-state index contributed by atoms with van der Waals surface area (Å²) in [6, 6.07) is 0.631. The Morgan fingerprint density at radius 1 is 1.33 bits per heavy atom. The Balaban J connectivity index is 1.54. The van der Waals surface area contributed by atoms with E-state index in [-0.39, 0.29) is 5.56 Å².